The molecule has 2 N–H and O–H groups in total. The fourth-order valence-corrected chi connectivity index (χ4v) is 3.82. The van der Waals surface area contributed by atoms with Gasteiger partial charge in [-0.1, -0.05) is 37.5 Å². The first-order valence-corrected chi connectivity index (χ1v) is 10.7. The summed E-state index contributed by atoms with van der Waals surface area (Å²) >= 11 is 0. The van der Waals surface area contributed by atoms with E-state index in [1.54, 1.807) is 0 Å². The van der Waals surface area contributed by atoms with Gasteiger partial charge in [-0.05, 0) is 67.6 Å². The molecular weight excluding hydrogens is 372 g/mol. The molecule has 1 aliphatic rings. The first kappa shape index (κ1) is 20.1. The molecule has 1 saturated carbocycles. The van der Waals surface area contributed by atoms with Crippen molar-refractivity contribution in [3.63, 3.8) is 0 Å². The Hall–Kier alpha value is -3.21. The molecule has 0 atom stereocenters. The summed E-state index contributed by atoms with van der Waals surface area (Å²) in [5.41, 5.74) is 5.71. The van der Waals surface area contributed by atoms with E-state index >= 15 is 0 Å². The van der Waals surface area contributed by atoms with Gasteiger partial charge in [-0.2, -0.15) is 0 Å². The second-order valence-electron chi connectivity index (χ2n) is 8.11. The number of benzene rings is 2. The number of carbonyl (C=O) groups is 1. The van der Waals surface area contributed by atoms with Crippen molar-refractivity contribution in [1.29, 1.82) is 0 Å². The maximum Gasteiger partial charge on any atom is 0.255 e. The molecule has 0 bridgehead atoms. The van der Waals surface area contributed by atoms with Crippen LogP contribution in [0.4, 0.5) is 11.6 Å². The van der Waals surface area contributed by atoms with Gasteiger partial charge in [-0.15, -0.1) is 0 Å². The molecule has 5 heteroatoms. The topological polar surface area (TPSA) is 66.9 Å². The van der Waals surface area contributed by atoms with E-state index in [1.807, 2.05) is 61.8 Å². The monoisotopic (exact) mass is 400 g/mol. The summed E-state index contributed by atoms with van der Waals surface area (Å²) < 4.78 is 0. The standard InChI is InChI=1S/C25H28N4O/c1-17-8-13-23(14-18(17)2)28-24(30)20-11-9-19(10-12-20)21-15-26-25(27-16-21)29-22-6-4-3-5-7-22/h8-16,22H,3-7H2,1-2H3,(H,28,30)(H,26,27,29). The fraction of sp³-hybridized carbons (Fsp3) is 0.320. The Morgan fingerprint density at radius 3 is 2.23 bits per heavy atom. The summed E-state index contributed by atoms with van der Waals surface area (Å²) in [6.45, 7) is 4.10. The predicted molar refractivity (Wildman–Crippen MR) is 122 cm³/mol. The molecule has 1 amide bonds. The minimum atomic E-state index is -0.118. The highest BCUT2D eigenvalue weighted by Gasteiger charge is 2.14. The van der Waals surface area contributed by atoms with E-state index in [1.165, 1.54) is 37.7 Å². The quantitative estimate of drug-likeness (QED) is 0.572. The van der Waals surface area contributed by atoms with Crippen LogP contribution in [0.2, 0.25) is 0 Å². The highest BCUT2D eigenvalue weighted by Crippen LogP contribution is 2.22. The Morgan fingerprint density at radius 1 is 0.867 bits per heavy atom. The van der Waals surface area contributed by atoms with Crippen LogP contribution in [0.3, 0.4) is 0 Å². The zero-order valence-corrected chi connectivity index (χ0v) is 17.6. The number of anilines is 2. The van der Waals surface area contributed by atoms with Crippen LogP contribution in [0.1, 0.15) is 53.6 Å². The third kappa shape index (κ3) is 4.85. The highest BCUT2D eigenvalue weighted by molar-refractivity contribution is 6.04. The van der Waals surface area contributed by atoms with Gasteiger partial charge in [-0.3, -0.25) is 4.79 Å². The first-order chi connectivity index (χ1) is 14.6. The smallest absolute Gasteiger partial charge is 0.255 e. The molecule has 0 radical (unpaired) electrons. The molecule has 30 heavy (non-hydrogen) atoms. The number of hydrogen-bond donors (Lipinski definition) is 2. The van der Waals surface area contributed by atoms with E-state index in [9.17, 15) is 4.79 Å². The molecule has 0 spiro atoms. The van der Waals surface area contributed by atoms with Crippen LogP contribution in [-0.4, -0.2) is 21.9 Å². The number of carbonyl (C=O) groups excluding carboxylic acids is 1. The largest absolute Gasteiger partial charge is 0.351 e. The third-order valence-corrected chi connectivity index (χ3v) is 5.84. The molecule has 3 aromatic rings. The van der Waals surface area contributed by atoms with Crippen LogP contribution >= 0.6 is 0 Å². The molecule has 1 fully saturated rings. The van der Waals surface area contributed by atoms with Gasteiger partial charge in [0, 0.05) is 35.2 Å². The van der Waals surface area contributed by atoms with Crippen LogP contribution in [0, 0.1) is 13.8 Å². The Labute approximate surface area is 178 Å². The first-order valence-electron chi connectivity index (χ1n) is 10.7. The Balaban J connectivity index is 1.40. The van der Waals surface area contributed by atoms with Gasteiger partial charge in [0.25, 0.3) is 5.91 Å². The Bertz CT molecular complexity index is 1010. The lowest BCUT2D eigenvalue weighted by molar-refractivity contribution is 0.102. The van der Waals surface area contributed by atoms with Crippen LogP contribution in [0.5, 0.6) is 0 Å². The molecule has 1 aliphatic carbocycles. The normalized spacial score (nSPS) is 14.3. The molecule has 5 nitrogen and oxygen atoms in total. The molecule has 0 unspecified atom stereocenters. The van der Waals surface area contributed by atoms with Gasteiger partial charge < -0.3 is 10.6 Å². The van der Waals surface area contributed by atoms with Crippen molar-refractivity contribution >= 4 is 17.5 Å². The van der Waals surface area contributed by atoms with Gasteiger partial charge in [0.1, 0.15) is 0 Å². The maximum absolute atomic E-state index is 12.5. The Morgan fingerprint density at radius 2 is 1.57 bits per heavy atom. The van der Waals surface area contributed by atoms with Crippen molar-refractivity contribution in [2.45, 2.75) is 52.0 Å². The lowest BCUT2D eigenvalue weighted by Crippen LogP contribution is -2.23. The van der Waals surface area contributed by atoms with Crippen molar-refractivity contribution in [3.05, 3.63) is 71.5 Å². The summed E-state index contributed by atoms with van der Waals surface area (Å²) in [5.74, 6) is 0.572. The number of nitrogens with zero attached hydrogens (tertiary/aromatic N) is 2. The summed E-state index contributed by atoms with van der Waals surface area (Å²) in [7, 11) is 0. The van der Waals surface area contributed by atoms with Crippen LogP contribution in [0.15, 0.2) is 54.9 Å². The zero-order chi connectivity index (χ0) is 20.9. The predicted octanol–water partition coefficient (Wildman–Crippen LogP) is 5.76. The van der Waals surface area contributed by atoms with Crippen LogP contribution in [0.25, 0.3) is 11.1 Å². The minimum absolute atomic E-state index is 0.118. The SMILES string of the molecule is Cc1ccc(NC(=O)c2ccc(-c3cnc(NC4CCCCC4)nc3)cc2)cc1C. The van der Waals surface area contributed by atoms with Gasteiger partial charge in [0.15, 0.2) is 0 Å². The molecule has 154 valence electrons. The molecule has 4 rings (SSSR count). The maximum atomic E-state index is 12.5. The lowest BCUT2D eigenvalue weighted by atomic mass is 9.96. The number of nitrogens with one attached hydrogen (secondary N) is 2. The molecule has 2 aromatic carbocycles. The van der Waals surface area contributed by atoms with Crippen LogP contribution in [-0.2, 0) is 0 Å². The minimum Gasteiger partial charge on any atom is -0.351 e. The highest BCUT2D eigenvalue weighted by atomic mass is 16.1. The van der Waals surface area contributed by atoms with E-state index in [0.717, 1.165) is 22.4 Å². The van der Waals surface area contributed by atoms with E-state index in [0.29, 0.717) is 17.6 Å². The average molecular weight is 401 g/mol. The number of rotatable bonds is 5. The van der Waals surface area contributed by atoms with Gasteiger partial charge >= 0.3 is 0 Å². The van der Waals surface area contributed by atoms with Gasteiger partial charge in [0.2, 0.25) is 5.95 Å². The van der Waals surface area contributed by atoms with E-state index in [4.69, 9.17) is 0 Å². The molecule has 1 aromatic heterocycles. The third-order valence-electron chi connectivity index (χ3n) is 5.84. The summed E-state index contributed by atoms with van der Waals surface area (Å²) in [6, 6.07) is 13.9. The summed E-state index contributed by atoms with van der Waals surface area (Å²) in [4.78, 5) is 21.5. The molecular formula is C25H28N4O. The molecule has 0 aliphatic heterocycles. The second-order valence-corrected chi connectivity index (χ2v) is 8.11. The number of amides is 1. The lowest BCUT2D eigenvalue weighted by Gasteiger charge is -2.22. The number of aromatic nitrogens is 2. The van der Waals surface area contributed by atoms with Crippen molar-refractivity contribution in [2.75, 3.05) is 10.6 Å². The average Bonchev–Trinajstić information content (AvgIpc) is 2.78. The van der Waals surface area contributed by atoms with E-state index in [-0.39, 0.29) is 5.91 Å². The zero-order valence-electron chi connectivity index (χ0n) is 17.6. The fourth-order valence-electron chi connectivity index (χ4n) is 3.82. The molecule has 0 saturated heterocycles. The van der Waals surface area contributed by atoms with Crippen molar-refractivity contribution in [3.8, 4) is 11.1 Å². The van der Waals surface area contributed by atoms with E-state index in [2.05, 4.69) is 27.5 Å². The second kappa shape index (κ2) is 9.08. The van der Waals surface area contributed by atoms with Crippen LogP contribution < -0.4 is 10.6 Å². The summed E-state index contributed by atoms with van der Waals surface area (Å²) in [5, 5.41) is 6.40. The van der Waals surface area contributed by atoms with Gasteiger partial charge in [-0.25, -0.2) is 9.97 Å². The summed E-state index contributed by atoms with van der Waals surface area (Å²) in [6.07, 6.45) is 9.94. The Kier molecular flexibility index (Phi) is 6.07. The molecule has 1 heterocycles. The van der Waals surface area contributed by atoms with Crippen molar-refractivity contribution < 1.29 is 4.79 Å². The number of hydrogen-bond acceptors (Lipinski definition) is 4. The number of aryl methyl sites for hydroxylation is 2. The van der Waals surface area contributed by atoms with Gasteiger partial charge in [0.05, 0.1) is 0 Å². The van der Waals surface area contributed by atoms with Crippen molar-refractivity contribution in [2.24, 2.45) is 0 Å². The van der Waals surface area contributed by atoms with E-state index < -0.39 is 0 Å². The van der Waals surface area contributed by atoms with Crippen molar-refractivity contribution in [1.82, 2.24) is 9.97 Å².